The quantitative estimate of drug-likeness (QED) is 0.580. The lowest BCUT2D eigenvalue weighted by molar-refractivity contribution is -0.142. The summed E-state index contributed by atoms with van der Waals surface area (Å²) in [4.78, 5) is 27.4. The van der Waals surface area contributed by atoms with Gasteiger partial charge in [-0.15, -0.1) is 0 Å². The Morgan fingerprint density at radius 1 is 1.00 bits per heavy atom. The van der Waals surface area contributed by atoms with Crippen molar-refractivity contribution < 1.29 is 19.1 Å². The largest absolute Gasteiger partial charge is 0.493 e. The van der Waals surface area contributed by atoms with Gasteiger partial charge in [0, 0.05) is 13.1 Å². The predicted molar refractivity (Wildman–Crippen MR) is 118 cm³/mol. The van der Waals surface area contributed by atoms with Crippen molar-refractivity contribution in [3.8, 4) is 11.5 Å². The van der Waals surface area contributed by atoms with Crippen molar-refractivity contribution >= 4 is 11.8 Å². The molecule has 0 aliphatic heterocycles. The van der Waals surface area contributed by atoms with Crippen molar-refractivity contribution in [1.29, 1.82) is 0 Å². The molecule has 6 nitrogen and oxygen atoms in total. The smallest absolute Gasteiger partial charge is 0.261 e. The maximum Gasteiger partial charge on any atom is 0.261 e. The molecule has 6 heteroatoms. The van der Waals surface area contributed by atoms with Gasteiger partial charge in [-0.25, -0.2) is 0 Å². The van der Waals surface area contributed by atoms with Crippen LogP contribution >= 0.6 is 0 Å². The van der Waals surface area contributed by atoms with Crippen LogP contribution < -0.4 is 14.8 Å². The molecule has 0 fully saturated rings. The van der Waals surface area contributed by atoms with E-state index in [4.69, 9.17) is 9.47 Å². The summed E-state index contributed by atoms with van der Waals surface area (Å²) in [6.07, 6.45) is 2.04. The number of carbonyl (C=O) groups is 2. The molecule has 1 unspecified atom stereocenters. The molecule has 0 heterocycles. The topological polar surface area (TPSA) is 67.9 Å². The van der Waals surface area contributed by atoms with Crippen LogP contribution in [0.15, 0.2) is 54.6 Å². The Balaban J connectivity index is 2.13. The van der Waals surface area contributed by atoms with Crippen LogP contribution in [0.1, 0.15) is 32.3 Å². The van der Waals surface area contributed by atoms with Crippen LogP contribution in [-0.2, 0) is 16.0 Å². The number of para-hydroxylation sites is 2. The average Bonchev–Trinajstić information content (AvgIpc) is 2.79. The Morgan fingerprint density at radius 3 is 2.30 bits per heavy atom. The molecule has 2 aromatic carbocycles. The predicted octanol–water partition coefficient (Wildman–Crippen LogP) is 3.45. The Bertz CT molecular complexity index is 795. The molecular formula is C24H32N2O4. The van der Waals surface area contributed by atoms with E-state index >= 15 is 0 Å². The first-order valence-corrected chi connectivity index (χ1v) is 10.5. The molecule has 0 bridgehead atoms. The zero-order valence-electron chi connectivity index (χ0n) is 18.1. The van der Waals surface area contributed by atoms with E-state index < -0.39 is 6.04 Å². The molecule has 0 aliphatic rings. The SMILES string of the molecule is CCCNC(=O)C(CC)N(CCc1ccccc1)C(=O)COc1ccccc1OC. The third kappa shape index (κ3) is 6.79. The summed E-state index contributed by atoms with van der Waals surface area (Å²) in [5.41, 5.74) is 1.12. The second-order valence-corrected chi connectivity index (χ2v) is 6.98. The Kier molecular flexibility index (Phi) is 9.71. The zero-order chi connectivity index (χ0) is 21.8. The van der Waals surface area contributed by atoms with Crippen molar-refractivity contribution in [3.63, 3.8) is 0 Å². The summed E-state index contributed by atoms with van der Waals surface area (Å²) in [6.45, 7) is 4.79. The Hall–Kier alpha value is -3.02. The summed E-state index contributed by atoms with van der Waals surface area (Å²) in [6, 6.07) is 16.6. The van der Waals surface area contributed by atoms with Gasteiger partial charge in [-0.2, -0.15) is 0 Å². The van der Waals surface area contributed by atoms with E-state index in [2.05, 4.69) is 5.32 Å². The van der Waals surface area contributed by atoms with E-state index in [-0.39, 0.29) is 18.4 Å². The summed E-state index contributed by atoms with van der Waals surface area (Å²) >= 11 is 0. The Morgan fingerprint density at radius 2 is 1.67 bits per heavy atom. The average molecular weight is 413 g/mol. The third-order valence-electron chi connectivity index (χ3n) is 4.84. The van der Waals surface area contributed by atoms with Gasteiger partial charge in [0.05, 0.1) is 7.11 Å². The van der Waals surface area contributed by atoms with Crippen molar-refractivity contribution in [1.82, 2.24) is 10.2 Å². The van der Waals surface area contributed by atoms with Crippen LogP contribution in [-0.4, -0.2) is 49.6 Å². The van der Waals surface area contributed by atoms with Crippen molar-refractivity contribution in [2.45, 2.75) is 39.2 Å². The maximum atomic E-state index is 13.1. The number of benzene rings is 2. The molecule has 0 aliphatic carbocycles. The number of hydrogen-bond donors (Lipinski definition) is 1. The maximum absolute atomic E-state index is 13.1. The number of rotatable bonds is 12. The number of methoxy groups -OCH3 is 1. The standard InChI is InChI=1S/C24H32N2O4/c1-4-16-25-24(28)20(5-2)26(17-15-19-11-7-6-8-12-19)23(27)18-30-22-14-10-9-13-21(22)29-3/h6-14,20H,4-5,15-18H2,1-3H3,(H,25,28). The van der Waals surface area contributed by atoms with Gasteiger partial charge in [-0.3, -0.25) is 9.59 Å². The zero-order valence-corrected chi connectivity index (χ0v) is 18.1. The van der Waals surface area contributed by atoms with Crippen LogP contribution in [0.5, 0.6) is 11.5 Å². The fourth-order valence-electron chi connectivity index (χ4n) is 3.22. The van der Waals surface area contributed by atoms with E-state index in [9.17, 15) is 9.59 Å². The molecule has 0 spiro atoms. The summed E-state index contributed by atoms with van der Waals surface area (Å²) in [7, 11) is 1.56. The summed E-state index contributed by atoms with van der Waals surface area (Å²) < 4.78 is 11.0. The lowest BCUT2D eigenvalue weighted by atomic mass is 10.1. The van der Waals surface area contributed by atoms with Gasteiger partial charge in [-0.1, -0.05) is 56.3 Å². The molecule has 0 saturated heterocycles. The van der Waals surface area contributed by atoms with E-state index in [0.29, 0.717) is 37.4 Å². The molecule has 30 heavy (non-hydrogen) atoms. The number of ether oxygens (including phenoxy) is 2. The van der Waals surface area contributed by atoms with Gasteiger partial charge in [0.15, 0.2) is 18.1 Å². The molecule has 162 valence electrons. The first-order chi connectivity index (χ1) is 14.6. The lowest BCUT2D eigenvalue weighted by Gasteiger charge is -2.30. The number of nitrogens with zero attached hydrogens (tertiary/aromatic N) is 1. The van der Waals surface area contributed by atoms with E-state index in [1.165, 1.54) is 0 Å². The van der Waals surface area contributed by atoms with Crippen LogP contribution in [0.4, 0.5) is 0 Å². The van der Waals surface area contributed by atoms with Crippen LogP contribution in [0.2, 0.25) is 0 Å². The lowest BCUT2D eigenvalue weighted by Crippen LogP contribution is -2.51. The van der Waals surface area contributed by atoms with Crippen LogP contribution in [0, 0.1) is 0 Å². The molecule has 1 atom stereocenters. The van der Waals surface area contributed by atoms with Crippen LogP contribution in [0.3, 0.4) is 0 Å². The highest BCUT2D eigenvalue weighted by Crippen LogP contribution is 2.25. The first kappa shape index (κ1) is 23.3. The minimum Gasteiger partial charge on any atom is -0.493 e. The third-order valence-corrected chi connectivity index (χ3v) is 4.84. The molecule has 0 saturated carbocycles. The second-order valence-electron chi connectivity index (χ2n) is 6.98. The summed E-state index contributed by atoms with van der Waals surface area (Å²) in [5, 5.41) is 2.92. The molecule has 2 amide bonds. The van der Waals surface area contributed by atoms with Gasteiger partial charge in [-0.05, 0) is 37.0 Å². The van der Waals surface area contributed by atoms with Crippen molar-refractivity contribution in [2.75, 3.05) is 26.8 Å². The number of amides is 2. The highest BCUT2D eigenvalue weighted by molar-refractivity contribution is 5.88. The van der Waals surface area contributed by atoms with Gasteiger partial charge in [0.1, 0.15) is 6.04 Å². The highest BCUT2D eigenvalue weighted by Gasteiger charge is 2.28. The van der Waals surface area contributed by atoms with Gasteiger partial charge in [0.2, 0.25) is 5.91 Å². The van der Waals surface area contributed by atoms with Gasteiger partial charge < -0.3 is 19.7 Å². The van der Waals surface area contributed by atoms with Gasteiger partial charge in [0.25, 0.3) is 5.91 Å². The fraction of sp³-hybridized carbons (Fsp3) is 0.417. The monoisotopic (exact) mass is 412 g/mol. The first-order valence-electron chi connectivity index (χ1n) is 10.5. The molecule has 2 aromatic rings. The minimum absolute atomic E-state index is 0.127. The number of hydrogen-bond acceptors (Lipinski definition) is 4. The van der Waals surface area contributed by atoms with E-state index in [1.807, 2.05) is 56.3 Å². The van der Waals surface area contributed by atoms with E-state index in [1.54, 1.807) is 24.1 Å². The molecule has 0 radical (unpaired) electrons. The number of carbonyl (C=O) groups excluding carboxylic acids is 2. The number of nitrogens with one attached hydrogen (secondary N) is 1. The molecule has 0 aromatic heterocycles. The highest BCUT2D eigenvalue weighted by atomic mass is 16.5. The fourth-order valence-corrected chi connectivity index (χ4v) is 3.22. The molecule has 2 rings (SSSR count). The molecule has 1 N–H and O–H groups in total. The van der Waals surface area contributed by atoms with Crippen molar-refractivity contribution in [2.24, 2.45) is 0 Å². The minimum atomic E-state index is -0.533. The Labute approximate surface area is 179 Å². The van der Waals surface area contributed by atoms with E-state index in [0.717, 1.165) is 12.0 Å². The normalized spacial score (nSPS) is 11.4. The second kappa shape index (κ2) is 12.5. The van der Waals surface area contributed by atoms with Gasteiger partial charge >= 0.3 is 0 Å². The molecular weight excluding hydrogens is 380 g/mol. The van der Waals surface area contributed by atoms with Crippen LogP contribution in [0.25, 0.3) is 0 Å². The van der Waals surface area contributed by atoms with Crippen molar-refractivity contribution in [3.05, 3.63) is 60.2 Å². The summed E-state index contributed by atoms with van der Waals surface area (Å²) in [5.74, 6) is 0.710.